The van der Waals surface area contributed by atoms with Gasteiger partial charge in [0.05, 0.1) is 37.8 Å². The highest BCUT2D eigenvalue weighted by Crippen LogP contribution is 2.35. The van der Waals surface area contributed by atoms with Crippen molar-refractivity contribution >= 4 is 52.4 Å². The second-order valence-electron chi connectivity index (χ2n) is 10.1. The number of ether oxygens (including phenoxy) is 2. The van der Waals surface area contributed by atoms with Gasteiger partial charge in [0.1, 0.15) is 17.3 Å². The summed E-state index contributed by atoms with van der Waals surface area (Å²) in [5, 5.41) is 8.66. The minimum Gasteiger partial charge on any atom is -0.497 e. The first-order valence-electron chi connectivity index (χ1n) is 14.3. The van der Waals surface area contributed by atoms with Gasteiger partial charge in [-0.1, -0.05) is 37.4 Å². The third-order valence-electron chi connectivity index (χ3n) is 7.18. The Balaban J connectivity index is 1.47. The van der Waals surface area contributed by atoms with Crippen LogP contribution in [-0.2, 0) is 22.6 Å². The van der Waals surface area contributed by atoms with Gasteiger partial charge >= 0.3 is 6.03 Å². The van der Waals surface area contributed by atoms with Gasteiger partial charge in [0.2, 0.25) is 17.8 Å². The lowest BCUT2D eigenvalue weighted by Gasteiger charge is -2.36. The van der Waals surface area contributed by atoms with Crippen LogP contribution in [0.15, 0.2) is 98.2 Å². The molecule has 0 atom stereocenters. The molecular weight excluding hydrogens is 586 g/mol. The van der Waals surface area contributed by atoms with E-state index in [1.807, 2.05) is 18.2 Å². The van der Waals surface area contributed by atoms with Gasteiger partial charge in [0, 0.05) is 42.2 Å². The summed E-state index contributed by atoms with van der Waals surface area (Å²) in [6.07, 6.45) is 4.57. The second-order valence-corrected chi connectivity index (χ2v) is 10.1. The van der Waals surface area contributed by atoms with E-state index in [2.05, 4.69) is 34.1 Å². The number of nitrogens with one attached hydrogen (secondary N) is 3. The summed E-state index contributed by atoms with van der Waals surface area (Å²) in [5.41, 5.74) is 3.99. The first kappa shape index (κ1) is 31.3. The van der Waals surface area contributed by atoms with Gasteiger partial charge in [-0.25, -0.2) is 9.78 Å². The molecule has 46 heavy (non-hydrogen) atoms. The molecular formula is C34H33N7O5. The average molecular weight is 620 g/mol. The SMILES string of the molecule is C=CC(=O)Nc1ccc(CCN2C(=O)N(c3cc(OC)cc(OC)c3)Cc3cnc(Nc4ccccc4NC(=O)C=C)nc32)cc1. The number of aromatic nitrogens is 2. The van der Waals surface area contributed by atoms with Gasteiger partial charge in [0.25, 0.3) is 0 Å². The normalized spacial score (nSPS) is 12.1. The molecule has 12 nitrogen and oxygen atoms in total. The number of carbonyl (C=O) groups excluding carboxylic acids is 3. The fraction of sp³-hybridized carbons (Fsp3) is 0.147. The Bertz CT molecular complexity index is 1770. The van der Waals surface area contributed by atoms with Crippen molar-refractivity contribution in [3.63, 3.8) is 0 Å². The van der Waals surface area contributed by atoms with E-state index in [0.29, 0.717) is 53.0 Å². The lowest BCUT2D eigenvalue weighted by Crippen LogP contribution is -2.48. The highest BCUT2D eigenvalue weighted by atomic mass is 16.5. The van der Waals surface area contributed by atoms with Crippen molar-refractivity contribution in [1.82, 2.24) is 9.97 Å². The molecule has 1 aliphatic heterocycles. The van der Waals surface area contributed by atoms with E-state index in [1.54, 1.807) is 78.7 Å². The summed E-state index contributed by atoms with van der Waals surface area (Å²) in [7, 11) is 3.10. The monoisotopic (exact) mass is 619 g/mol. The van der Waals surface area contributed by atoms with Crippen molar-refractivity contribution in [2.75, 3.05) is 46.5 Å². The van der Waals surface area contributed by atoms with Crippen LogP contribution in [0.4, 0.5) is 39.3 Å². The van der Waals surface area contributed by atoms with Crippen LogP contribution < -0.4 is 35.2 Å². The number of anilines is 6. The Labute approximate surface area is 266 Å². The van der Waals surface area contributed by atoms with Gasteiger partial charge in [0.15, 0.2) is 0 Å². The van der Waals surface area contributed by atoms with Crippen molar-refractivity contribution in [2.45, 2.75) is 13.0 Å². The zero-order valence-electron chi connectivity index (χ0n) is 25.4. The molecule has 0 saturated carbocycles. The lowest BCUT2D eigenvalue weighted by molar-refractivity contribution is -0.112. The number of urea groups is 1. The number of benzene rings is 3. The lowest BCUT2D eigenvalue weighted by atomic mass is 10.1. The molecule has 0 spiro atoms. The quantitative estimate of drug-likeness (QED) is 0.172. The summed E-state index contributed by atoms with van der Waals surface area (Å²) in [6.45, 7) is 7.49. The molecule has 0 saturated heterocycles. The number of fused-ring (bicyclic) bond motifs is 1. The maximum atomic E-state index is 14.2. The number of hydrogen-bond donors (Lipinski definition) is 3. The highest BCUT2D eigenvalue weighted by molar-refractivity contribution is 6.06. The van der Waals surface area contributed by atoms with Crippen LogP contribution in [0, 0.1) is 0 Å². The smallest absolute Gasteiger partial charge is 0.330 e. The fourth-order valence-corrected chi connectivity index (χ4v) is 4.82. The molecule has 3 N–H and O–H groups in total. The summed E-state index contributed by atoms with van der Waals surface area (Å²) in [5.74, 6) is 1.13. The minimum atomic E-state index is -0.359. The highest BCUT2D eigenvalue weighted by Gasteiger charge is 2.33. The van der Waals surface area contributed by atoms with E-state index in [0.717, 1.165) is 11.1 Å². The van der Waals surface area contributed by atoms with Crippen molar-refractivity contribution in [2.24, 2.45) is 0 Å². The third kappa shape index (κ3) is 7.13. The van der Waals surface area contributed by atoms with Crippen LogP contribution in [0.3, 0.4) is 0 Å². The molecule has 3 aromatic carbocycles. The van der Waals surface area contributed by atoms with Crippen molar-refractivity contribution in [1.29, 1.82) is 0 Å². The average Bonchev–Trinajstić information content (AvgIpc) is 3.08. The van der Waals surface area contributed by atoms with Crippen molar-refractivity contribution in [3.8, 4) is 11.5 Å². The minimum absolute atomic E-state index is 0.213. The largest absolute Gasteiger partial charge is 0.497 e. The van der Waals surface area contributed by atoms with Gasteiger partial charge < -0.3 is 25.4 Å². The van der Waals surface area contributed by atoms with E-state index in [9.17, 15) is 14.4 Å². The topological polar surface area (TPSA) is 138 Å². The van der Waals surface area contributed by atoms with E-state index in [1.165, 1.54) is 12.2 Å². The van der Waals surface area contributed by atoms with Crippen LogP contribution in [-0.4, -0.2) is 48.6 Å². The van der Waals surface area contributed by atoms with Crippen LogP contribution >= 0.6 is 0 Å². The van der Waals surface area contributed by atoms with E-state index in [4.69, 9.17) is 14.5 Å². The number of nitrogens with zero attached hydrogens (tertiary/aromatic N) is 4. The first-order chi connectivity index (χ1) is 22.3. The van der Waals surface area contributed by atoms with Crippen molar-refractivity contribution < 1.29 is 23.9 Å². The molecule has 0 aliphatic carbocycles. The van der Waals surface area contributed by atoms with Crippen molar-refractivity contribution in [3.05, 3.63) is 109 Å². The van der Waals surface area contributed by atoms with Gasteiger partial charge in [-0.15, -0.1) is 0 Å². The summed E-state index contributed by atoms with van der Waals surface area (Å²) < 4.78 is 10.9. The van der Waals surface area contributed by atoms with E-state index >= 15 is 0 Å². The summed E-state index contributed by atoms with van der Waals surface area (Å²) >= 11 is 0. The Kier molecular flexibility index (Phi) is 9.57. The molecule has 0 radical (unpaired) electrons. The molecule has 0 unspecified atom stereocenters. The molecule has 4 aromatic rings. The molecule has 0 bridgehead atoms. The van der Waals surface area contributed by atoms with Gasteiger partial charge in [-0.05, 0) is 48.4 Å². The number of amides is 4. The molecule has 2 heterocycles. The zero-order valence-corrected chi connectivity index (χ0v) is 25.4. The van der Waals surface area contributed by atoms with E-state index in [-0.39, 0.29) is 30.3 Å². The number of para-hydroxylation sites is 2. The Morgan fingerprint density at radius 3 is 2.22 bits per heavy atom. The molecule has 1 aromatic heterocycles. The maximum absolute atomic E-state index is 14.2. The molecule has 4 amide bonds. The van der Waals surface area contributed by atoms with Crippen LogP contribution in [0.25, 0.3) is 0 Å². The maximum Gasteiger partial charge on any atom is 0.330 e. The number of rotatable bonds is 12. The molecule has 234 valence electrons. The van der Waals surface area contributed by atoms with Crippen LogP contribution in [0.1, 0.15) is 11.1 Å². The number of hydrogen-bond acceptors (Lipinski definition) is 8. The third-order valence-corrected chi connectivity index (χ3v) is 7.18. The zero-order chi connectivity index (χ0) is 32.6. The number of methoxy groups -OCH3 is 2. The standard InChI is InChI=1S/C34H33N7O5/c1-5-30(42)36-24-13-11-22(12-14-24)15-16-40-32-23(21-41(34(40)44)25-17-26(45-3)19-27(18-25)46-4)20-35-33(39-32)38-29-10-8-7-9-28(29)37-31(43)6-2/h5-14,17-20H,1-2,15-16,21H2,3-4H3,(H,36,42)(H,37,43)(H,35,38,39). The van der Waals surface area contributed by atoms with E-state index < -0.39 is 0 Å². The van der Waals surface area contributed by atoms with Gasteiger partial charge in [-0.2, -0.15) is 4.98 Å². The number of carbonyl (C=O) groups is 3. The fourth-order valence-electron chi connectivity index (χ4n) is 4.82. The predicted octanol–water partition coefficient (Wildman–Crippen LogP) is 5.68. The molecule has 1 aliphatic rings. The summed E-state index contributed by atoms with van der Waals surface area (Å²) in [6, 6.07) is 19.5. The Morgan fingerprint density at radius 2 is 1.57 bits per heavy atom. The molecule has 5 rings (SSSR count). The second kappa shape index (κ2) is 14.1. The molecule has 12 heteroatoms. The van der Waals surface area contributed by atoms with Crippen LogP contribution in [0.2, 0.25) is 0 Å². The Hall–Kier alpha value is -6.17. The predicted molar refractivity (Wildman–Crippen MR) is 178 cm³/mol. The van der Waals surface area contributed by atoms with Gasteiger partial charge in [-0.3, -0.25) is 19.4 Å². The molecule has 0 fully saturated rings. The Morgan fingerprint density at radius 1 is 0.913 bits per heavy atom. The first-order valence-corrected chi connectivity index (χ1v) is 14.3. The summed E-state index contributed by atoms with van der Waals surface area (Å²) in [4.78, 5) is 50.3. The van der Waals surface area contributed by atoms with Crippen LogP contribution in [0.5, 0.6) is 11.5 Å².